The van der Waals surface area contributed by atoms with E-state index in [0.717, 1.165) is 17.1 Å². The molecular formula is C64H41NS. The Morgan fingerprint density at radius 1 is 0.273 bits per heavy atom. The highest BCUT2D eigenvalue weighted by Crippen LogP contribution is 2.47. The van der Waals surface area contributed by atoms with E-state index in [0.29, 0.717) is 0 Å². The lowest BCUT2D eigenvalue weighted by Crippen LogP contribution is -2.10. The summed E-state index contributed by atoms with van der Waals surface area (Å²) in [6, 6.07) is 91.5. The fourth-order valence-corrected chi connectivity index (χ4v) is 11.7. The second-order valence-corrected chi connectivity index (χ2v) is 18.2. The summed E-state index contributed by atoms with van der Waals surface area (Å²) in [5, 5.41) is 12.6. The van der Waals surface area contributed by atoms with E-state index in [2.05, 4.69) is 254 Å². The average molecular weight is 856 g/mol. The minimum absolute atomic E-state index is 1.10. The average Bonchev–Trinajstić information content (AvgIpc) is 3.78. The molecule has 13 aromatic rings. The molecule has 0 atom stereocenters. The van der Waals surface area contributed by atoms with Gasteiger partial charge in [-0.05, 0) is 125 Å². The summed E-state index contributed by atoms with van der Waals surface area (Å²) in [7, 11) is 0. The van der Waals surface area contributed by atoms with Crippen LogP contribution in [0, 0.1) is 0 Å². The standard InChI is InChI=1S/C64H41NS/c1-3-17-44(18-4-1)62-57-26-10-9-24-53(57)54-38-35-46(41-59(54)63(62)45-19-5-2-6-20-45)42-32-36-48(37-33-42)65(60-30-15-28-52-50-23-8-7-16-43(50)34-39-55(52)60)49-22-13-21-47(40-49)51-27-14-29-58-56-25-11-12-31-61(56)66-64(51)58/h1-41H. The van der Waals surface area contributed by atoms with Crippen molar-refractivity contribution in [3.8, 4) is 44.5 Å². The Kier molecular flexibility index (Phi) is 9.11. The number of benzene rings is 12. The first-order chi connectivity index (χ1) is 32.7. The van der Waals surface area contributed by atoms with Gasteiger partial charge in [0.15, 0.2) is 0 Å². The molecule has 0 spiro atoms. The minimum Gasteiger partial charge on any atom is -0.310 e. The van der Waals surface area contributed by atoms with E-state index in [4.69, 9.17) is 0 Å². The van der Waals surface area contributed by atoms with E-state index in [1.54, 1.807) is 0 Å². The molecule has 0 N–H and O–H groups in total. The highest BCUT2D eigenvalue weighted by atomic mass is 32.1. The second-order valence-electron chi connectivity index (χ2n) is 17.2. The number of hydrogen-bond acceptors (Lipinski definition) is 2. The van der Waals surface area contributed by atoms with Gasteiger partial charge in [0, 0.05) is 36.9 Å². The third kappa shape index (κ3) is 6.30. The Morgan fingerprint density at radius 2 is 0.833 bits per heavy atom. The van der Waals surface area contributed by atoms with Crippen LogP contribution in [0.25, 0.3) is 108 Å². The predicted octanol–water partition coefficient (Wildman–Crippen LogP) is 18.8. The molecule has 2 heteroatoms. The fourth-order valence-electron chi connectivity index (χ4n) is 10.4. The predicted molar refractivity (Wildman–Crippen MR) is 286 cm³/mol. The van der Waals surface area contributed by atoms with Gasteiger partial charge in [0.1, 0.15) is 0 Å². The molecule has 0 amide bonds. The van der Waals surface area contributed by atoms with Crippen LogP contribution in [0.3, 0.4) is 0 Å². The van der Waals surface area contributed by atoms with Crippen LogP contribution in [-0.2, 0) is 0 Å². The molecule has 66 heavy (non-hydrogen) atoms. The normalized spacial score (nSPS) is 11.6. The molecule has 0 aliphatic heterocycles. The second kappa shape index (κ2) is 15.7. The van der Waals surface area contributed by atoms with Crippen molar-refractivity contribution >= 4 is 91.7 Å². The lowest BCUT2D eigenvalue weighted by molar-refractivity contribution is 1.30. The minimum atomic E-state index is 1.10. The number of anilines is 3. The molecule has 13 rings (SSSR count). The molecule has 0 radical (unpaired) electrons. The summed E-state index contributed by atoms with van der Waals surface area (Å²) in [5.74, 6) is 0. The largest absolute Gasteiger partial charge is 0.310 e. The fraction of sp³-hybridized carbons (Fsp3) is 0. The number of nitrogens with zero attached hydrogens (tertiary/aromatic N) is 1. The molecule has 0 fully saturated rings. The lowest BCUT2D eigenvalue weighted by Gasteiger charge is -2.28. The van der Waals surface area contributed by atoms with Gasteiger partial charge >= 0.3 is 0 Å². The smallest absolute Gasteiger partial charge is 0.0540 e. The Morgan fingerprint density at radius 3 is 1.64 bits per heavy atom. The van der Waals surface area contributed by atoms with Crippen LogP contribution in [0.5, 0.6) is 0 Å². The van der Waals surface area contributed by atoms with E-state index >= 15 is 0 Å². The maximum Gasteiger partial charge on any atom is 0.0540 e. The first-order valence-electron chi connectivity index (χ1n) is 22.7. The molecule has 0 bridgehead atoms. The van der Waals surface area contributed by atoms with Crippen molar-refractivity contribution in [3.05, 3.63) is 249 Å². The van der Waals surface area contributed by atoms with E-state index in [1.165, 1.54) is 108 Å². The summed E-state index contributed by atoms with van der Waals surface area (Å²) >= 11 is 1.88. The molecule has 308 valence electrons. The Bertz CT molecular complexity index is 3980. The van der Waals surface area contributed by atoms with Gasteiger partial charge in [0.05, 0.1) is 5.69 Å². The molecular weight excluding hydrogens is 815 g/mol. The van der Waals surface area contributed by atoms with Crippen LogP contribution in [0.4, 0.5) is 17.1 Å². The van der Waals surface area contributed by atoms with Crippen LogP contribution < -0.4 is 4.90 Å². The van der Waals surface area contributed by atoms with Crippen LogP contribution in [0.15, 0.2) is 249 Å². The van der Waals surface area contributed by atoms with E-state index in [1.807, 2.05) is 11.3 Å². The summed E-state index contributed by atoms with van der Waals surface area (Å²) in [6.45, 7) is 0. The van der Waals surface area contributed by atoms with E-state index in [9.17, 15) is 0 Å². The first-order valence-corrected chi connectivity index (χ1v) is 23.5. The third-order valence-corrected chi connectivity index (χ3v) is 14.7. The lowest BCUT2D eigenvalue weighted by atomic mass is 9.84. The summed E-state index contributed by atoms with van der Waals surface area (Å²) in [5.41, 5.74) is 13.1. The summed E-state index contributed by atoms with van der Waals surface area (Å²) < 4.78 is 2.63. The maximum absolute atomic E-state index is 2.45. The van der Waals surface area contributed by atoms with Gasteiger partial charge in [0.2, 0.25) is 0 Å². The zero-order valence-electron chi connectivity index (χ0n) is 36.0. The van der Waals surface area contributed by atoms with Crippen LogP contribution in [0.2, 0.25) is 0 Å². The summed E-state index contributed by atoms with van der Waals surface area (Å²) in [6.07, 6.45) is 0. The molecule has 0 unspecified atom stereocenters. The van der Waals surface area contributed by atoms with Gasteiger partial charge in [-0.25, -0.2) is 0 Å². The number of hydrogen-bond donors (Lipinski definition) is 0. The zero-order chi connectivity index (χ0) is 43.6. The zero-order valence-corrected chi connectivity index (χ0v) is 36.8. The summed E-state index contributed by atoms with van der Waals surface area (Å²) in [4.78, 5) is 2.45. The SMILES string of the molecule is c1ccc(-c2c(-c3ccccc3)c3cc(-c4ccc(N(c5cccc(-c6cccc7c6sc6ccccc67)c5)c5cccc6c5ccc5ccccc56)cc4)ccc3c3ccccc23)cc1. The highest BCUT2D eigenvalue weighted by molar-refractivity contribution is 7.26. The van der Waals surface area contributed by atoms with Gasteiger partial charge in [-0.1, -0.05) is 206 Å². The Labute approximate surface area is 387 Å². The molecule has 12 aromatic carbocycles. The van der Waals surface area contributed by atoms with Gasteiger partial charge in [-0.2, -0.15) is 0 Å². The molecule has 1 heterocycles. The van der Waals surface area contributed by atoms with Crippen LogP contribution >= 0.6 is 11.3 Å². The Balaban J connectivity index is 0.988. The van der Waals surface area contributed by atoms with Gasteiger partial charge < -0.3 is 4.90 Å². The van der Waals surface area contributed by atoms with E-state index in [-0.39, 0.29) is 0 Å². The number of thiophene rings is 1. The van der Waals surface area contributed by atoms with Gasteiger partial charge in [-0.15, -0.1) is 11.3 Å². The van der Waals surface area contributed by atoms with E-state index < -0.39 is 0 Å². The highest BCUT2D eigenvalue weighted by Gasteiger charge is 2.21. The Hall–Kier alpha value is -8.30. The van der Waals surface area contributed by atoms with Crippen LogP contribution in [0.1, 0.15) is 0 Å². The van der Waals surface area contributed by atoms with Crippen molar-refractivity contribution in [3.63, 3.8) is 0 Å². The van der Waals surface area contributed by atoms with Crippen molar-refractivity contribution in [1.82, 2.24) is 0 Å². The molecule has 0 aliphatic carbocycles. The first kappa shape index (κ1) is 38.2. The third-order valence-electron chi connectivity index (χ3n) is 13.4. The monoisotopic (exact) mass is 855 g/mol. The van der Waals surface area contributed by atoms with Crippen molar-refractivity contribution in [2.24, 2.45) is 0 Å². The van der Waals surface area contributed by atoms with Crippen molar-refractivity contribution in [1.29, 1.82) is 0 Å². The molecule has 0 saturated carbocycles. The molecule has 0 saturated heterocycles. The topological polar surface area (TPSA) is 3.24 Å². The quantitative estimate of drug-likeness (QED) is 0.144. The van der Waals surface area contributed by atoms with Crippen molar-refractivity contribution in [2.45, 2.75) is 0 Å². The number of fused-ring (bicyclic) bond motifs is 9. The van der Waals surface area contributed by atoms with Crippen molar-refractivity contribution in [2.75, 3.05) is 4.90 Å². The van der Waals surface area contributed by atoms with Crippen molar-refractivity contribution < 1.29 is 0 Å². The molecule has 0 aliphatic rings. The molecule has 1 aromatic heterocycles. The maximum atomic E-state index is 2.45. The van der Waals surface area contributed by atoms with Crippen LogP contribution in [-0.4, -0.2) is 0 Å². The molecule has 1 nitrogen and oxygen atoms in total. The van der Waals surface area contributed by atoms with Gasteiger partial charge in [-0.3, -0.25) is 0 Å². The van der Waals surface area contributed by atoms with Gasteiger partial charge in [0.25, 0.3) is 0 Å². The number of rotatable bonds is 7.